The van der Waals surface area contributed by atoms with Crippen molar-refractivity contribution in [2.24, 2.45) is 0 Å². The summed E-state index contributed by atoms with van der Waals surface area (Å²) in [5, 5.41) is 3.05. The molecule has 0 bridgehead atoms. The molecule has 0 fully saturated rings. The fourth-order valence-electron chi connectivity index (χ4n) is 4.58. The summed E-state index contributed by atoms with van der Waals surface area (Å²) < 4.78 is 8.35. The van der Waals surface area contributed by atoms with Crippen LogP contribution in [0.15, 0.2) is 78.9 Å². The SMILES string of the molecule is CC(C)c1ccc(OCCCn2c(CCCCCNC(=O)Cc3ccccc3)nc3ccccc32)cc1. The number of hydrogen-bond acceptors (Lipinski definition) is 3. The molecule has 5 nitrogen and oxygen atoms in total. The smallest absolute Gasteiger partial charge is 0.224 e. The molecule has 1 amide bonds. The molecule has 194 valence electrons. The molecule has 1 aromatic heterocycles. The highest BCUT2D eigenvalue weighted by Crippen LogP contribution is 2.20. The van der Waals surface area contributed by atoms with E-state index in [-0.39, 0.29) is 5.91 Å². The van der Waals surface area contributed by atoms with E-state index in [0.717, 1.165) is 67.8 Å². The van der Waals surface area contributed by atoms with Crippen molar-refractivity contribution in [3.8, 4) is 5.75 Å². The molecule has 0 radical (unpaired) electrons. The van der Waals surface area contributed by atoms with Crippen molar-refractivity contribution in [2.75, 3.05) is 13.2 Å². The number of fused-ring (bicyclic) bond motifs is 1. The number of nitrogens with one attached hydrogen (secondary N) is 1. The Morgan fingerprint density at radius 1 is 0.892 bits per heavy atom. The van der Waals surface area contributed by atoms with Gasteiger partial charge in [-0.1, -0.05) is 74.9 Å². The summed E-state index contributed by atoms with van der Waals surface area (Å²) >= 11 is 0. The van der Waals surface area contributed by atoms with Gasteiger partial charge in [0.1, 0.15) is 11.6 Å². The van der Waals surface area contributed by atoms with Crippen molar-refractivity contribution >= 4 is 16.9 Å². The lowest BCUT2D eigenvalue weighted by molar-refractivity contribution is -0.120. The molecule has 37 heavy (non-hydrogen) atoms. The summed E-state index contributed by atoms with van der Waals surface area (Å²) in [5.74, 6) is 2.68. The molecule has 3 aromatic carbocycles. The summed E-state index contributed by atoms with van der Waals surface area (Å²) in [5.41, 5.74) is 4.62. The van der Waals surface area contributed by atoms with Gasteiger partial charge in [0.15, 0.2) is 0 Å². The molecule has 0 aliphatic carbocycles. The van der Waals surface area contributed by atoms with E-state index >= 15 is 0 Å². The minimum atomic E-state index is 0.0890. The number of aromatic nitrogens is 2. The molecule has 0 unspecified atom stereocenters. The highest BCUT2D eigenvalue weighted by atomic mass is 16.5. The number of imidazole rings is 1. The first kappa shape index (κ1) is 26.5. The lowest BCUT2D eigenvalue weighted by atomic mass is 10.0. The van der Waals surface area contributed by atoms with Crippen molar-refractivity contribution in [1.82, 2.24) is 14.9 Å². The maximum absolute atomic E-state index is 12.1. The zero-order chi connectivity index (χ0) is 25.9. The maximum atomic E-state index is 12.1. The molecule has 0 aliphatic rings. The first-order chi connectivity index (χ1) is 18.1. The number of nitrogens with zero attached hydrogens (tertiary/aromatic N) is 2. The third kappa shape index (κ3) is 7.94. The first-order valence-corrected chi connectivity index (χ1v) is 13.6. The van der Waals surface area contributed by atoms with Crippen LogP contribution in [0.4, 0.5) is 0 Å². The highest BCUT2D eigenvalue weighted by Gasteiger charge is 2.10. The third-order valence-corrected chi connectivity index (χ3v) is 6.68. The van der Waals surface area contributed by atoms with E-state index in [2.05, 4.69) is 66.2 Å². The standard InChI is InChI=1S/C32H39N3O2/c1-25(2)27-17-19-28(20-18-27)37-23-11-22-35-30-15-9-8-14-29(30)34-31(35)16-7-4-10-21-33-32(36)24-26-12-5-3-6-13-26/h3,5-6,8-9,12-15,17-20,25H,4,7,10-11,16,21-24H2,1-2H3,(H,33,36). The molecule has 0 spiro atoms. The van der Waals surface area contributed by atoms with Gasteiger partial charge in [0.2, 0.25) is 5.91 Å². The monoisotopic (exact) mass is 497 g/mol. The van der Waals surface area contributed by atoms with Crippen LogP contribution in [-0.2, 0) is 24.2 Å². The molecule has 4 rings (SSSR count). The molecule has 4 aromatic rings. The van der Waals surface area contributed by atoms with E-state index in [1.807, 2.05) is 36.4 Å². The van der Waals surface area contributed by atoms with Gasteiger partial charge in [-0.05, 0) is 60.6 Å². The van der Waals surface area contributed by atoms with E-state index in [4.69, 9.17) is 9.72 Å². The number of unbranched alkanes of at least 4 members (excludes halogenated alkanes) is 2. The maximum Gasteiger partial charge on any atom is 0.224 e. The fraction of sp³-hybridized carbons (Fsp3) is 0.375. The predicted octanol–water partition coefficient (Wildman–Crippen LogP) is 6.70. The Bertz CT molecular complexity index is 1250. The second kappa shape index (κ2) is 13.6. The summed E-state index contributed by atoms with van der Waals surface area (Å²) in [4.78, 5) is 17.1. The average Bonchev–Trinajstić information content (AvgIpc) is 3.26. The largest absolute Gasteiger partial charge is 0.494 e. The van der Waals surface area contributed by atoms with Gasteiger partial charge in [-0.2, -0.15) is 0 Å². The molecule has 0 atom stereocenters. The van der Waals surface area contributed by atoms with Gasteiger partial charge >= 0.3 is 0 Å². The number of para-hydroxylation sites is 2. The van der Waals surface area contributed by atoms with Gasteiger partial charge in [0, 0.05) is 19.5 Å². The lowest BCUT2D eigenvalue weighted by Gasteiger charge is -2.11. The molecule has 5 heteroatoms. The molecule has 0 saturated heterocycles. The van der Waals surface area contributed by atoms with E-state index in [9.17, 15) is 4.79 Å². The van der Waals surface area contributed by atoms with Crippen LogP contribution in [-0.4, -0.2) is 28.6 Å². The molecular weight excluding hydrogens is 458 g/mol. The zero-order valence-electron chi connectivity index (χ0n) is 22.2. The number of rotatable bonds is 14. The number of amides is 1. The molecule has 1 heterocycles. The Balaban J connectivity index is 1.21. The van der Waals surface area contributed by atoms with Crippen LogP contribution in [0, 0.1) is 0 Å². The van der Waals surface area contributed by atoms with E-state index in [1.165, 1.54) is 11.1 Å². The van der Waals surface area contributed by atoms with Gasteiger partial charge < -0.3 is 14.6 Å². The van der Waals surface area contributed by atoms with Gasteiger partial charge in [-0.25, -0.2) is 4.98 Å². The molecule has 0 saturated carbocycles. The number of ether oxygens (including phenoxy) is 1. The van der Waals surface area contributed by atoms with Crippen LogP contribution in [0.1, 0.15) is 62.4 Å². The minimum Gasteiger partial charge on any atom is -0.494 e. The predicted molar refractivity (Wildman–Crippen MR) is 151 cm³/mol. The van der Waals surface area contributed by atoms with Crippen molar-refractivity contribution in [1.29, 1.82) is 0 Å². The van der Waals surface area contributed by atoms with Crippen LogP contribution < -0.4 is 10.1 Å². The summed E-state index contributed by atoms with van der Waals surface area (Å²) in [7, 11) is 0. The van der Waals surface area contributed by atoms with Crippen molar-refractivity contribution < 1.29 is 9.53 Å². The number of benzene rings is 3. The van der Waals surface area contributed by atoms with Gasteiger partial charge in [0.05, 0.1) is 24.1 Å². The van der Waals surface area contributed by atoms with Crippen molar-refractivity contribution in [3.63, 3.8) is 0 Å². The Morgan fingerprint density at radius 3 is 2.43 bits per heavy atom. The summed E-state index contributed by atoms with van der Waals surface area (Å²) in [6, 6.07) is 26.7. The number of carbonyl (C=O) groups is 1. The molecule has 1 N–H and O–H groups in total. The quantitative estimate of drug-likeness (QED) is 0.197. The van der Waals surface area contributed by atoms with Crippen molar-refractivity contribution in [2.45, 2.75) is 64.8 Å². The second-order valence-corrected chi connectivity index (χ2v) is 9.92. The van der Waals surface area contributed by atoms with E-state index < -0.39 is 0 Å². The molecule has 0 aliphatic heterocycles. The lowest BCUT2D eigenvalue weighted by Crippen LogP contribution is -2.26. The molecular formula is C32H39N3O2. The topological polar surface area (TPSA) is 56.1 Å². The Labute approximate surface area is 220 Å². The van der Waals surface area contributed by atoms with Gasteiger partial charge in [-0.3, -0.25) is 4.79 Å². The number of carbonyl (C=O) groups excluding carboxylic acids is 1. The first-order valence-electron chi connectivity index (χ1n) is 13.6. The Morgan fingerprint density at radius 2 is 1.65 bits per heavy atom. The number of hydrogen-bond donors (Lipinski definition) is 1. The third-order valence-electron chi connectivity index (χ3n) is 6.68. The van der Waals surface area contributed by atoms with Crippen LogP contribution in [0.3, 0.4) is 0 Å². The second-order valence-electron chi connectivity index (χ2n) is 9.92. The number of aryl methyl sites for hydroxylation is 2. The van der Waals surface area contributed by atoms with Crippen LogP contribution in [0.5, 0.6) is 5.75 Å². The highest BCUT2D eigenvalue weighted by molar-refractivity contribution is 5.78. The van der Waals surface area contributed by atoms with Crippen LogP contribution in [0.25, 0.3) is 11.0 Å². The normalized spacial score (nSPS) is 11.2. The minimum absolute atomic E-state index is 0.0890. The zero-order valence-corrected chi connectivity index (χ0v) is 22.2. The Kier molecular flexibility index (Phi) is 9.75. The Hall–Kier alpha value is -3.60. The van der Waals surface area contributed by atoms with Gasteiger partial charge in [-0.15, -0.1) is 0 Å². The van der Waals surface area contributed by atoms with Crippen molar-refractivity contribution in [3.05, 3.63) is 95.8 Å². The summed E-state index contributed by atoms with van der Waals surface area (Å²) in [6.45, 7) is 6.69. The van der Waals surface area contributed by atoms with Crippen LogP contribution in [0.2, 0.25) is 0 Å². The fourth-order valence-corrected chi connectivity index (χ4v) is 4.58. The van der Waals surface area contributed by atoms with E-state index in [1.54, 1.807) is 0 Å². The van der Waals surface area contributed by atoms with Gasteiger partial charge in [0.25, 0.3) is 0 Å². The summed E-state index contributed by atoms with van der Waals surface area (Å²) in [6.07, 6.45) is 5.39. The van der Waals surface area contributed by atoms with Crippen LogP contribution >= 0.6 is 0 Å². The van der Waals surface area contributed by atoms with E-state index in [0.29, 0.717) is 18.9 Å². The average molecular weight is 498 g/mol.